The summed E-state index contributed by atoms with van der Waals surface area (Å²) in [7, 11) is 0. The molecule has 0 spiro atoms. The highest BCUT2D eigenvalue weighted by molar-refractivity contribution is 6.02. The van der Waals surface area contributed by atoms with Crippen LogP contribution in [0.3, 0.4) is 0 Å². The molecule has 3 heterocycles. The molecule has 6 nitrogen and oxygen atoms in total. The highest BCUT2D eigenvalue weighted by atomic mass is 16.3. The molecule has 6 heteroatoms. The van der Waals surface area contributed by atoms with Gasteiger partial charge in [0.15, 0.2) is 0 Å². The Morgan fingerprint density at radius 1 is 1.16 bits per heavy atom. The third kappa shape index (κ3) is 2.44. The highest BCUT2D eigenvalue weighted by Gasteiger charge is 2.48. The Labute approximate surface area is 146 Å². The molecule has 1 saturated carbocycles. The van der Waals surface area contributed by atoms with E-state index in [0.29, 0.717) is 6.04 Å². The van der Waals surface area contributed by atoms with Crippen molar-refractivity contribution in [2.24, 2.45) is 5.92 Å². The van der Waals surface area contributed by atoms with Gasteiger partial charge in [0.25, 0.3) is 5.91 Å². The summed E-state index contributed by atoms with van der Waals surface area (Å²) in [5.41, 5.74) is 8.29. The van der Waals surface area contributed by atoms with Crippen LogP contribution in [0.15, 0.2) is 40.8 Å². The largest absolute Gasteiger partial charge is 0.465 e. The maximum absolute atomic E-state index is 13.1. The van der Waals surface area contributed by atoms with Crippen LogP contribution in [0.1, 0.15) is 40.8 Å². The average Bonchev–Trinajstić information content (AvgIpc) is 3.16. The first kappa shape index (κ1) is 15.0. The Hall–Kier alpha value is -2.31. The first-order chi connectivity index (χ1) is 12.2. The number of carbonyl (C=O) groups excluding carboxylic acids is 1. The molecule has 1 aromatic carbocycles. The molecular formula is C19H22N4O2. The molecule has 1 aromatic heterocycles. The summed E-state index contributed by atoms with van der Waals surface area (Å²) >= 11 is 0. The first-order valence-electron chi connectivity index (χ1n) is 8.95. The number of nitrogens with one attached hydrogen (secondary N) is 3. The Morgan fingerprint density at radius 3 is 2.76 bits per heavy atom. The van der Waals surface area contributed by atoms with Gasteiger partial charge in [-0.3, -0.25) is 10.2 Å². The van der Waals surface area contributed by atoms with Gasteiger partial charge in [0.05, 0.1) is 11.6 Å². The summed E-state index contributed by atoms with van der Waals surface area (Å²) < 4.78 is 5.86. The van der Waals surface area contributed by atoms with E-state index in [1.807, 2.05) is 43.3 Å². The molecule has 2 aliphatic heterocycles. The molecule has 1 saturated heterocycles. The summed E-state index contributed by atoms with van der Waals surface area (Å²) in [5, 5.41) is 3.63. The van der Waals surface area contributed by atoms with Crippen molar-refractivity contribution in [3.05, 3.63) is 53.5 Å². The van der Waals surface area contributed by atoms with Crippen molar-refractivity contribution >= 4 is 11.6 Å². The first-order valence-corrected chi connectivity index (χ1v) is 8.95. The standard InChI is InChI=1S/C19H22N4O2/c1-11-6-9-16(25-11)17-14(10-20-22-17)18-21-15-5-3-2-4-13(15)19(24)23(18)12-7-8-12/h2-6,9,12,14,17-18,20-22H,7-8,10H2,1H3. The van der Waals surface area contributed by atoms with E-state index < -0.39 is 0 Å². The monoisotopic (exact) mass is 338 g/mol. The van der Waals surface area contributed by atoms with Crippen LogP contribution in [0, 0.1) is 12.8 Å². The van der Waals surface area contributed by atoms with E-state index in [2.05, 4.69) is 21.1 Å². The second kappa shape index (κ2) is 5.61. The van der Waals surface area contributed by atoms with Crippen molar-refractivity contribution in [2.45, 2.75) is 38.0 Å². The minimum Gasteiger partial charge on any atom is -0.465 e. The van der Waals surface area contributed by atoms with Crippen LogP contribution in [0.2, 0.25) is 0 Å². The van der Waals surface area contributed by atoms with E-state index in [0.717, 1.165) is 42.2 Å². The van der Waals surface area contributed by atoms with E-state index in [-0.39, 0.29) is 24.0 Å². The number of hydrogen-bond acceptors (Lipinski definition) is 5. The number of fused-ring (bicyclic) bond motifs is 1. The van der Waals surface area contributed by atoms with Gasteiger partial charge in [0, 0.05) is 24.2 Å². The number of rotatable bonds is 3. The Balaban J connectivity index is 1.52. The lowest BCUT2D eigenvalue weighted by molar-refractivity contribution is 0.0593. The molecule has 130 valence electrons. The molecule has 3 aliphatic rings. The van der Waals surface area contributed by atoms with Gasteiger partial charge in [-0.1, -0.05) is 12.1 Å². The van der Waals surface area contributed by atoms with Crippen LogP contribution in [-0.4, -0.2) is 29.6 Å². The number of furan rings is 1. The number of amides is 1. The molecule has 2 fully saturated rings. The molecule has 1 amide bonds. The van der Waals surface area contributed by atoms with E-state index >= 15 is 0 Å². The van der Waals surface area contributed by atoms with Crippen LogP contribution in [0.4, 0.5) is 5.69 Å². The summed E-state index contributed by atoms with van der Waals surface area (Å²) in [6, 6.07) is 12.2. The molecule has 3 unspecified atom stereocenters. The Kier molecular flexibility index (Phi) is 3.36. The predicted octanol–water partition coefficient (Wildman–Crippen LogP) is 2.41. The van der Waals surface area contributed by atoms with Crippen molar-refractivity contribution in [3.8, 4) is 0 Å². The van der Waals surface area contributed by atoms with Gasteiger partial charge in [-0.25, -0.2) is 5.43 Å². The topological polar surface area (TPSA) is 69.5 Å². The number of benzene rings is 1. The molecule has 5 rings (SSSR count). The highest BCUT2D eigenvalue weighted by Crippen LogP contribution is 2.40. The van der Waals surface area contributed by atoms with Crippen molar-refractivity contribution < 1.29 is 9.21 Å². The number of anilines is 1. The fraction of sp³-hybridized carbons (Fsp3) is 0.421. The number of carbonyl (C=O) groups is 1. The van der Waals surface area contributed by atoms with E-state index in [4.69, 9.17) is 4.42 Å². The molecular weight excluding hydrogens is 316 g/mol. The fourth-order valence-corrected chi connectivity index (χ4v) is 4.06. The smallest absolute Gasteiger partial charge is 0.257 e. The fourth-order valence-electron chi connectivity index (χ4n) is 4.06. The zero-order valence-electron chi connectivity index (χ0n) is 14.2. The van der Waals surface area contributed by atoms with Gasteiger partial charge in [-0.2, -0.15) is 0 Å². The average molecular weight is 338 g/mol. The van der Waals surface area contributed by atoms with Crippen LogP contribution >= 0.6 is 0 Å². The lowest BCUT2D eigenvalue weighted by atomic mass is 9.92. The lowest BCUT2D eigenvalue weighted by Gasteiger charge is -2.42. The van der Waals surface area contributed by atoms with Gasteiger partial charge >= 0.3 is 0 Å². The quantitative estimate of drug-likeness (QED) is 0.802. The van der Waals surface area contributed by atoms with Crippen LogP contribution in [-0.2, 0) is 0 Å². The van der Waals surface area contributed by atoms with Crippen LogP contribution in [0.5, 0.6) is 0 Å². The van der Waals surface area contributed by atoms with Gasteiger partial charge in [0.2, 0.25) is 0 Å². The van der Waals surface area contributed by atoms with Gasteiger partial charge in [-0.05, 0) is 44.0 Å². The second-order valence-corrected chi connectivity index (χ2v) is 7.19. The molecule has 3 N–H and O–H groups in total. The third-order valence-corrected chi connectivity index (χ3v) is 5.43. The number of aryl methyl sites for hydroxylation is 1. The molecule has 3 atom stereocenters. The number of para-hydroxylation sites is 1. The minimum atomic E-state index is -0.0483. The van der Waals surface area contributed by atoms with E-state index in [1.165, 1.54) is 0 Å². The number of nitrogens with zero attached hydrogens (tertiary/aromatic N) is 1. The molecule has 1 aliphatic carbocycles. The molecule has 0 radical (unpaired) electrons. The summed E-state index contributed by atoms with van der Waals surface area (Å²) in [6.45, 7) is 2.73. The van der Waals surface area contributed by atoms with Crippen molar-refractivity contribution in [1.29, 1.82) is 0 Å². The van der Waals surface area contributed by atoms with Gasteiger partial charge < -0.3 is 14.6 Å². The zero-order chi connectivity index (χ0) is 17.0. The van der Waals surface area contributed by atoms with Crippen molar-refractivity contribution in [2.75, 3.05) is 11.9 Å². The van der Waals surface area contributed by atoms with Crippen molar-refractivity contribution in [1.82, 2.24) is 15.8 Å². The lowest BCUT2D eigenvalue weighted by Crippen LogP contribution is -2.55. The van der Waals surface area contributed by atoms with Gasteiger partial charge in [0.1, 0.15) is 17.7 Å². The normalized spacial score (nSPS) is 28.8. The SMILES string of the molecule is Cc1ccc(C2NNCC2C2Nc3ccccc3C(=O)N2C2CC2)o1. The second-order valence-electron chi connectivity index (χ2n) is 7.19. The number of hydrogen-bond donors (Lipinski definition) is 3. The summed E-state index contributed by atoms with van der Waals surface area (Å²) in [5.74, 6) is 2.14. The number of hydrazine groups is 1. The maximum atomic E-state index is 13.1. The minimum absolute atomic E-state index is 0.0329. The summed E-state index contributed by atoms with van der Waals surface area (Å²) in [4.78, 5) is 15.2. The molecule has 2 aromatic rings. The Bertz CT molecular complexity index is 813. The predicted molar refractivity (Wildman–Crippen MR) is 93.9 cm³/mol. The zero-order valence-corrected chi connectivity index (χ0v) is 14.2. The van der Waals surface area contributed by atoms with Crippen LogP contribution in [0.25, 0.3) is 0 Å². The molecule has 0 bridgehead atoms. The Morgan fingerprint density at radius 2 is 2.00 bits per heavy atom. The molecule has 25 heavy (non-hydrogen) atoms. The van der Waals surface area contributed by atoms with Crippen molar-refractivity contribution in [3.63, 3.8) is 0 Å². The summed E-state index contributed by atoms with van der Waals surface area (Å²) in [6.07, 6.45) is 2.13. The third-order valence-electron chi connectivity index (χ3n) is 5.43. The maximum Gasteiger partial charge on any atom is 0.257 e. The van der Waals surface area contributed by atoms with Crippen LogP contribution < -0.4 is 16.2 Å². The van der Waals surface area contributed by atoms with E-state index in [1.54, 1.807) is 0 Å². The van der Waals surface area contributed by atoms with E-state index in [9.17, 15) is 4.79 Å². The van der Waals surface area contributed by atoms with Gasteiger partial charge in [-0.15, -0.1) is 0 Å².